The fraction of sp³-hybridized carbons (Fsp3) is 0.208. The van der Waals surface area contributed by atoms with Crippen molar-refractivity contribution < 1.29 is 9.52 Å². The monoisotopic (exact) mass is 387 g/mol. The Hall–Kier alpha value is -3.15. The molecule has 29 heavy (non-hydrogen) atoms. The van der Waals surface area contributed by atoms with E-state index < -0.39 is 6.10 Å². The number of aryl methyl sites for hydroxylation is 2. The summed E-state index contributed by atoms with van der Waals surface area (Å²) in [5, 5.41) is 18.6. The van der Waals surface area contributed by atoms with Crippen LogP contribution in [0.25, 0.3) is 16.9 Å². The number of aromatic nitrogens is 2. The molecule has 5 nitrogen and oxygen atoms in total. The van der Waals surface area contributed by atoms with Gasteiger partial charge in [0.2, 0.25) is 0 Å². The molecule has 0 spiro atoms. The number of para-hydroxylation sites is 1. The lowest BCUT2D eigenvalue weighted by atomic mass is 10.0. The number of hydrogen-bond donors (Lipinski definition) is 2. The Morgan fingerprint density at radius 1 is 1.00 bits per heavy atom. The van der Waals surface area contributed by atoms with E-state index in [0.29, 0.717) is 18.8 Å². The molecule has 0 fully saturated rings. The van der Waals surface area contributed by atoms with E-state index in [0.717, 1.165) is 28.3 Å². The second kappa shape index (κ2) is 8.47. The van der Waals surface area contributed by atoms with Gasteiger partial charge in [0.25, 0.3) is 0 Å². The number of aliphatic hydroxyl groups is 1. The molecule has 0 saturated carbocycles. The van der Waals surface area contributed by atoms with Crippen molar-refractivity contribution in [2.24, 2.45) is 0 Å². The zero-order valence-corrected chi connectivity index (χ0v) is 16.7. The Morgan fingerprint density at radius 2 is 1.76 bits per heavy atom. The van der Waals surface area contributed by atoms with E-state index in [1.807, 2.05) is 72.4 Å². The fourth-order valence-corrected chi connectivity index (χ4v) is 3.39. The molecule has 0 aliphatic rings. The summed E-state index contributed by atoms with van der Waals surface area (Å²) in [5.41, 5.74) is 5.33. The minimum atomic E-state index is -0.685. The molecule has 0 aliphatic heterocycles. The highest BCUT2D eigenvalue weighted by Crippen LogP contribution is 2.26. The van der Waals surface area contributed by atoms with E-state index in [2.05, 4.69) is 24.4 Å². The normalized spacial score (nSPS) is 12.2. The highest BCUT2D eigenvalue weighted by molar-refractivity contribution is 5.66. The first-order valence-corrected chi connectivity index (χ1v) is 9.77. The maximum atomic E-state index is 10.3. The molecule has 2 heterocycles. The number of benzene rings is 2. The van der Waals surface area contributed by atoms with Gasteiger partial charge in [0.15, 0.2) is 0 Å². The van der Waals surface area contributed by atoms with Crippen LogP contribution in [0.2, 0.25) is 0 Å². The van der Waals surface area contributed by atoms with Gasteiger partial charge in [0.1, 0.15) is 17.6 Å². The summed E-state index contributed by atoms with van der Waals surface area (Å²) in [6, 6.07) is 22.0. The van der Waals surface area contributed by atoms with Crippen LogP contribution in [0.3, 0.4) is 0 Å². The highest BCUT2D eigenvalue weighted by atomic mass is 16.4. The first-order valence-electron chi connectivity index (χ1n) is 9.77. The minimum absolute atomic E-state index is 0.399. The van der Waals surface area contributed by atoms with Crippen molar-refractivity contribution in [1.29, 1.82) is 0 Å². The van der Waals surface area contributed by atoms with Crippen LogP contribution in [0.5, 0.6) is 0 Å². The van der Waals surface area contributed by atoms with Crippen molar-refractivity contribution in [2.45, 2.75) is 26.5 Å². The van der Waals surface area contributed by atoms with E-state index in [1.54, 1.807) is 0 Å². The molecule has 1 atom stereocenters. The van der Waals surface area contributed by atoms with Gasteiger partial charge in [-0.15, -0.1) is 0 Å². The Balaban J connectivity index is 1.57. The maximum Gasteiger partial charge on any atom is 0.133 e. The SMILES string of the molecule is Cc1ccc(C(O)CNCc2cn(-c3ccccc3)nc2-c2ccccc2C)o1. The number of aliphatic hydroxyl groups excluding tert-OH is 1. The largest absolute Gasteiger partial charge is 0.464 e. The van der Waals surface area contributed by atoms with Crippen LogP contribution in [0.1, 0.15) is 28.8 Å². The maximum absolute atomic E-state index is 10.3. The van der Waals surface area contributed by atoms with Crippen LogP contribution in [-0.4, -0.2) is 21.4 Å². The number of nitrogens with one attached hydrogen (secondary N) is 1. The van der Waals surface area contributed by atoms with Crippen molar-refractivity contribution in [3.63, 3.8) is 0 Å². The second-order valence-electron chi connectivity index (χ2n) is 7.19. The van der Waals surface area contributed by atoms with Gasteiger partial charge in [-0.2, -0.15) is 5.10 Å². The first kappa shape index (κ1) is 19.2. The number of hydrogen-bond acceptors (Lipinski definition) is 4. The summed E-state index contributed by atoms with van der Waals surface area (Å²) in [6.07, 6.45) is 1.36. The molecule has 0 aliphatic carbocycles. The minimum Gasteiger partial charge on any atom is -0.464 e. The van der Waals surface area contributed by atoms with Crippen molar-refractivity contribution >= 4 is 0 Å². The molecule has 2 N–H and O–H groups in total. The molecule has 2 aromatic heterocycles. The smallest absolute Gasteiger partial charge is 0.133 e. The van der Waals surface area contributed by atoms with Crippen LogP contribution in [-0.2, 0) is 6.54 Å². The van der Waals surface area contributed by atoms with Gasteiger partial charge in [-0.25, -0.2) is 4.68 Å². The topological polar surface area (TPSA) is 63.2 Å². The molecule has 1 unspecified atom stereocenters. The van der Waals surface area contributed by atoms with Gasteiger partial charge in [-0.1, -0.05) is 42.5 Å². The van der Waals surface area contributed by atoms with Crippen LogP contribution >= 0.6 is 0 Å². The third kappa shape index (κ3) is 4.31. The molecule has 0 radical (unpaired) electrons. The van der Waals surface area contributed by atoms with E-state index >= 15 is 0 Å². The molecule has 148 valence electrons. The van der Waals surface area contributed by atoms with Crippen LogP contribution < -0.4 is 5.32 Å². The quantitative estimate of drug-likeness (QED) is 0.487. The van der Waals surface area contributed by atoms with Gasteiger partial charge < -0.3 is 14.8 Å². The molecular formula is C24H25N3O2. The lowest BCUT2D eigenvalue weighted by molar-refractivity contribution is 0.146. The number of rotatable bonds is 7. The van der Waals surface area contributed by atoms with Gasteiger partial charge in [0, 0.05) is 30.4 Å². The van der Waals surface area contributed by atoms with Crippen LogP contribution in [0.4, 0.5) is 0 Å². The zero-order chi connectivity index (χ0) is 20.2. The average molecular weight is 387 g/mol. The van der Waals surface area contributed by atoms with E-state index in [1.165, 1.54) is 5.56 Å². The number of furan rings is 1. The fourth-order valence-electron chi connectivity index (χ4n) is 3.39. The number of nitrogens with zero attached hydrogens (tertiary/aromatic N) is 2. The molecular weight excluding hydrogens is 362 g/mol. The van der Waals surface area contributed by atoms with Gasteiger partial charge in [-0.05, 0) is 43.7 Å². The summed E-state index contributed by atoms with van der Waals surface area (Å²) >= 11 is 0. The standard InChI is InChI=1S/C24H25N3O2/c1-17-8-6-7-11-21(17)24-19(16-27(26-24)20-9-4-3-5-10-20)14-25-15-22(28)23-13-12-18(2)29-23/h3-13,16,22,25,28H,14-15H2,1-2H3. The molecule has 0 saturated heterocycles. The zero-order valence-electron chi connectivity index (χ0n) is 16.7. The van der Waals surface area contributed by atoms with Crippen molar-refractivity contribution in [3.05, 3.63) is 95.6 Å². The summed E-state index contributed by atoms with van der Waals surface area (Å²) in [5.74, 6) is 1.37. The molecule has 0 bridgehead atoms. The third-order valence-corrected chi connectivity index (χ3v) is 4.95. The molecule has 4 aromatic rings. The lowest BCUT2D eigenvalue weighted by Gasteiger charge is -2.10. The van der Waals surface area contributed by atoms with Gasteiger partial charge in [-0.3, -0.25) is 0 Å². The molecule has 5 heteroatoms. The van der Waals surface area contributed by atoms with Gasteiger partial charge >= 0.3 is 0 Å². The van der Waals surface area contributed by atoms with Crippen molar-refractivity contribution in [3.8, 4) is 16.9 Å². The first-order chi connectivity index (χ1) is 14.1. The third-order valence-electron chi connectivity index (χ3n) is 4.95. The van der Waals surface area contributed by atoms with Crippen molar-refractivity contribution in [1.82, 2.24) is 15.1 Å². The van der Waals surface area contributed by atoms with Crippen LogP contribution in [0, 0.1) is 13.8 Å². The Bertz CT molecular complexity index is 1080. The van der Waals surface area contributed by atoms with Gasteiger partial charge in [0.05, 0.1) is 11.4 Å². The second-order valence-corrected chi connectivity index (χ2v) is 7.19. The Labute approximate surface area is 170 Å². The van der Waals surface area contributed by atoms with E-state index in [9.17, 15) is 5.11 Å². The predicted molar refractivity (Wildman–Crippen MR) is 114 cm³/mol. The van der Waals surface area contributed by atoms with Crippen molar-refractivity contribution in [2.75, 3.05) is 6.54 Å². The Morgan fingerprint density at radius 3 is 2.48 bits per heavy atom. The van der Waals surface area contributed by atoms with E-state index in [4.69, 9.17) is 9.52 Å². The average Bonchev–Trinajstić information content (AvgIpc) is 3.36. The molecule has 4 rings (SSSR count). The lowest BCUT2D eigenvalue weighted by Crippen LogP contribution is -2.21. The summed E-state index contributed by atoms with van der Waals surface area (Å²) in [6.45, 7) is 4.96. The Kier molecular flexibility index (Phi) is 5.60. The summed E-state index contributed by atoms with van der Waals surface area (Å²) < 4.78 is 7.42. The van der Waals surface area contributed by atoms with E-state index in [-0.39, 0.29) is 0 Å². The molecule has 2 aromatic carbocycles. The summed E-state index contributed by atoms with van der Waals surface area (Å²) in [7, 11) is 0. The molecule has 0 amide bonds. The predicted octanol–water partition coefficient (Wildman–Crippen LogP) is 4.57. The highest BCUT2D eigenvalue weighted by Gasteiger charge is 2.15. The summed E-state index contributed by atoms with van der Waals surface area (Å²) in [4.78, 5) is 0. The van der Waals surface area contributed by atoms with Crippen LogP contribution in [0.15, 0.2) is 77.3 Å².